The number of amides is 1. The summed E-state index contributed by atoms with van der Waals surface area (Å²) in [4.78, 5) is 13.9. The lowest BCUT2D eigenvalue weighted by Gasteiger charge is -2.24. The molecule has 0 spiro atoms. The Kier molecular flexibility index (Phi) is 3.84. The number of benzene rings is 1. The third kappa shape index (κ3) is 2.95. The average molecular weight is 316 g/mol. The van der Waals surface area contributed by atoms with Crippen LogP contribution in [0.4, 0.5) is 17.6 Å². The number of carbonyl (C=O) groups excluding carboxylic acids is 1. The van der Waals surface area contributed by atoms with Gasteiger partial charge < -0.3 is 10.2 Å². The molecule has 1 aromatic carbocycles. The van der Waals surface area contributed by atoms with Gasteiger partial charge in [-0.15, -0.1) is 0 Å². The van der Waals surface area contributed by atoms with E-state index in [4.69, 9.17) is 0 Å². The van der Waals surface area contributed by atoms with E-state index in [0.29, 0.717) is 37.3 Å². The molecule has 0 aliphatic carbocycles. The molecule has 3 rings (SSSR count). The third-order valence-electron chi connectivity index (χ3n) is 4.33. The van der Waals surface area contributed by atoms with Crippen molar-refractivity contribution >= 4 is 5.91 Å². The summed E-state index contributed by atoms with van der Waals surface area (Å²) in [5.74, 6) is -1.58. The Balaban J connectivity index is 1.85. The van der Waals surface area contributed by atoms with Gasteiger partial charge in [-0.2, -0.15) is 13.2 Å². The number of nitrogens with zero attached hydrogens (tertiary/aromatic N) is 1. The van der Waals surface area contributed by atoms with Crippen molar-refractivity contribution in [3.05, 3.63) is 35.1 Å². The molecule has 2 saturated heterocycles. The molecule has 0 aromatic heterocycles. The highest BCUT2D eigenvalue weighted by molar-refractivity contribution is 5.94. The molecule has 22 heavy (non-hydrogen) atoms. The van der Waals surface area contributed by atoms with Gasteiger partial charge in [0.15, 0.2) is 0 Å². The molecule has 2 unspecified atom stereocenters. The molecule has 2 bridgehead atoms. The van der Waals surface area contributed by atoms with Crippen LogP contribution in [0.15, 0.2) is 18.2 Å². The summed E-state index contributed by atoms with van der Waals surface area (Å²) in [6.45, 7) is 0.841. The number of hydrogen-bond donors (Lipinski definition) is 1. The maximum atomic E-state index is 13.8. The first-order chi connectivity index (χ1) is 10.3. The molecule has 120 valence electrons. The minimum Gasteiger partial charge on any atom is -0.337 e. The van der Waals surface area contributed by atoms with Crippen molar-refractivity contribution in [2.24, 2.45) is 0 Å². The van der Waals surface area contributed by atoms with E-state index in [2.05, 4.69) is 5.32 Å². The molecule has 2 aliphatic rings. The van der Waals surface area contributed by atoms with Crippen molar-refractivity contribution in [2.75, 3.05) is 13.1 Å². The fraction of sp³-hybridized carbons (Fsp3) is 0.533. The first-order valence-electron chi connectivity index (χ1n) is 7.26. The van der Waals surface area contributed by atoms with Crippen LogP contribution >= 0.6 is 0 Å². The number of hydrogen-bond acceptors (Lipinski definition) is 2. The van der Waals surface area contributed by atoms with E-state index in [1.165, 1.54) is 4.90 Å². The van der Waals surface area contributed by atoms with Gasteiger partial charge in [-0.05, 0) is 37.5 Å². The van der Waals surface area contributed by atoms with Gasteiger partial charge in [0.05, 0.1) is 11.1 Å². The molecule has 2 aliphatic heterocycles. The Morgan fingerprint density at radius 2 is 1.91 bits per heavy atom. The molecular weight excluding hydrogens is 300 g/mol. The molecular formula is C15H16F4N2O. The summed E-state index contributed by atoms with van der Waals surface area (Å²) < 4.78 is 52.0. The second-order valence-corrected chi connectivity index (χ2v) is 5.87. The molecule has 7 heteroatoms. The molecule has 2 heterocycles. The minimum absolute atomic E-state index is 0.144. The molecule has 1 N–H and O–H groups in total. The number of likely N-dealkylation sites (tertiary alicyclic amines) is 1. The smallest absolute Gasteiger partial charge is 0.337 e. The zero-order valence-electron chi connectivity index (χ0n) is 11.8. The maximum Gasteiger partial charge on any atom is 0.416 e. The lowest BCUT2D eigenvalue weighted by molar-refractivity contribution is -0.137. The van der Waals surface area contributed by atoms with Crippen molar-refractivity contribution in [1.82, 2.24) is 10.2 Å². The van der Waals surface area contributed by atoms with Gasteiger partial charge >= 0.3 is 6.18 Å². The first kappa shape index (κ1) is 15.3. The predicted molar refractivity (Wildman–Crippen MR) is 71.9 cm³/mol. The third-order valence-corrected chi connectivity index (χ3v) is 4.33. The average Bonchev–Trinajstić information content (AvgIpc) is 2.77. The Morgan fingerprint density at radius 1 is 1.18 bits per heavy atom. The number of carbonyl (C=O) groups is 1. The van der Waals surface area contributed by atoms with Crippen LogP contribution in [0, 0.1) is 5.82 Å². The molecule has 0 saturated carbocycles. The van der Waals surface area contributed by atoms with Crippen molar-refractivity contribution in [3.8, 4) is 0 Å². The molecule has 0 radical (unpaired) electrons. The lowest BCUT2D eigenvalue weighted by Crippen LogP contribution is -2.39. The van der Waals surface area contributed by atoms with Crippen LogP contribution in [-0.2, 0) is 6.18 Å². The molecule has 3 nitrogen and oxygen atoms in total. The van der Waals surface area contributed by atoms with E-state index in [1.807, 2.05) is 0 Å². The van der Waals surface area contributed by atoms with Crippen LogP contribution in [0.3, 0.4) is 0 Å². The standard InChI is InChI=1S/C15H16F4N2O/c16-13-4-1-9(15(17,18)19)7-12(13)14(22)21-6-5-10-2-3-11(8-21)20-10/h1,4,7,10-11,20H,2-3,5-6,8H2. The van der Waals surface area contributed by atoms with Crippen molar-refractivity contribution in [2.45, 2.75) is 37.5 Å². The lowest BCUT2D eigenvalue weighted by atomic mass is 10.1. The number of halogens is 4. The topological polar surface area (TPSA) is 32.3 Å². The molecule has 1 amide bonds. The Morgan fingerprint density at radius 3 is 2.64 bits per heavy atom. The summed E-state index contributed by atoms with van der Waals surface area (Å²) in [6, 6.07) is 2.45. The van der Waals surface area contributed by atoms with E-state index in [9.17, 15) is 22.4 Å². The highest BCUT2D eigenvalue weighted by atomic mass is 19.4. The van der Waals surface area contributed by atoms with Gasteiger partial charge in [-0.25, -0.2) is 4.39 Å². The fourth-order valence-electron chi connectivity index (χ4n) is 3.16. The van der Waals surface area contributed by atoms with Crippen LogP contribution in [0.2, 0.25) is 0 Å². The van der Waals surface area contributed by atoms with Crippen LogP contribution < -0.4 is 5.32 Å². The van der Waals surface area contributed by atoms with Gasteiger partial charge in [0, 0.05) is 25.2 Å². The van der Waals surface area contributed by atoms with Crippen LogP contribution in [0.25, 0.3) is 0 Å². The molecule has 1 aromatic rings. The number of rotatable bonds is 1. The first-order valence-corrected chi connectivity index (χ1v) is 7.26. The Hall–Kier alpha value is -1.63. The minimum atomic E-state index is -4.60. The summed E-state index contributed by atoms with van der Waals surface area (Å²) in [5, 5.41) is 3.37. The van der Waals surface area contributed by atoms with Crippen LogP contribution in [0.5, 0.6) is 0 Å². The number of nitrogens with one attached hydrogen (secondary N) is 1. The Labute approximate surface area is 125 Å². The van der Waals surface area contributed by atoms with E-state index < -0.39 is 29.0 Å². The molecule has 2 fully saturated rings. The van der Waals surface area contributed by atoms with Crippen molar-refractivity contribution < 1.29 is 22.4 Å². The fourth-order valence-corrected chi connectivity index (χ4v) is 3.16. The zero-order valence-corrected chi connectivity index (χ0v) is 11.8. The summed E-state index contributed by atoms with van der Waals surface area (Å²) in [6.07, 6.45) is -1.88. The van der Waals surface area contributed by atoms with Gasteiger partial charge in [-0.3, -0.25) is 4.79 Å². The van der Waals surface area contributed by atoms with Gasteiger partial charge in [0.25, 0.3) is 5.91 Å². The van der Waals surface area contributed by atoms with E-state index in [0.717, 1.165) is 19.3 Å². The van der Waals surface area contributed by atoms with Crippen molar-refractivity contribution in [1.29, 1.82) is 0 Å². The summed E-state index contributed by atoms with van der Waals surface area (Å²) in [7, 11) is 0. The van der Waals surface area contributed by atoms with E-state index in [-0.39, 0.29) is 6.04 Å². The van der Waals surface area contributed by atoms with Gasteiger partial charge in [0.1, 0.15) is 5.82 Å². The Bertz CT molecular complexity index is 587. The second kappa shape index (κ2) is 5.53. The van der Waals surface area contributed by atoms with Gasteiger partial charge in [0.2, 0.25) is 0 Å². The number of fused-ring (bicyclic) bond motifs is 2. The summed E-state index contributed by atoms with van der Waals surface area (Å²) >= 11 is 0. The van der Waals surface area contributed by atoms with E-state index in [1.54, 1.807) is 0 Å². The van der Waals surface area contributed by atoms with Gasteiger partial charge in [-0.1, -0.05) is 0 Å². The summed E-state index contributed by atoms with van der Waals surface area (Å²) in [5.41, 5.74) is -1.51. The largest absolute Gasteiger partial charge is 0.416 e. The quantitative estimate of drug-likeness (QED) is 0.808. The van der Waals surface area contributed by atoms with Crippen LogP contribution in [-0.4, -0.2) is 36.0 Å². The second-order valence-electron chi connectivity index (χ2n) is 5.87. The molecule has 2 atom stereocenters. The highest BCUT2D eigenvalue weighted by Crippen LogP contribution is 2.31. The normalized spacial score (nSPS) is 25.2. The monoisotopic (exact) mass is 316 g/mol. The van der Waals surface area contributed by atoms with E-state index >= 15 is 0 Å². The van der Waals surface area contributed by atoms with Crippen LogP contribution in [0.1, 0.15) is 35.2 Å². The predicted octanol–water partition coefficient (Wildman–Crippen LogP) is 2.81. The maximum absolute atomic E-state index is 13.8. The SMILES string of the molecule is O=C(c1cc(C(F)(F)F)ccc1F)N1CCC2CCC(C1)N2. The zero-order chi connectivity index (χ0) is 15.9. The highest BCUT2D eigenvalue weighted by Gasteiger charge is 2.35. The van der Waals surface area contributed by atoms with Crippen molar-refractivity contribution in [3.63, 3.8) is 0 Å². The number of alkyl halides is 3.